The number of thioether (sulfide) groups is 1. The molecule has 25 heavy (non-hydrogen) atoms. The fourth-order valence-corrected chi connectivity index (χ4v) is 3.33. The van der Waals surface area contributed by atoms with Crippen molar-refractivity contribution in [3.63, 3.8) is 0 Å². The first-order chi connectivity index (χ1) is 12.1. The topological polar surface area (TPSA) is 33.3 Å². The van der Waals surface area contributed by atoms with E-state index in [1.807, 2.05) is 43.0 Å². The zero-order valence-corrected chi connectivity index (χ0v) is 16.7. The Labute approximate surface area is 160 Å². The molecule has 1 atom stereocenters. The third kappa shape index (κ3) is 6.96. The molecule has 0 aliphatic rings. The maximum absolute atomic E-state index is 5.61. The lowest BCUT2D eigenvalue weighted by Crippen LogP contribution is -2.32. The molecule has 0 amide bonds. The predicted octanol–water partition coefficient (Wildman–Crippen LogP) is 5.11. The summed E-state index contributed by atoms with van der Waals surface area (Å²) >= 11 is 7.28. The highest BCUT2D eigenvalue weighted by Gasteiger charge is 2.07. The molecule has 2 aromatic rings. The van der Waals surface area contributed by atoms with Gasteiger partial charge in [0, 0.05) is 17.2 Å². The van der Waals surface area contributed by atoms with Gasteiger partial charge >= 0.3 is 0 Å². The molecule has 2 rings (SSSR count). The van der Waals surface area contributed by atoms with Crippen molar-refractivity contribution in [3.8, 4) is 5.75 Å². The van der Waals surface area contributed by atoms with Crippen LogP contribution >= 0.6 is 24.0 Å². The normalized spacial score (nSPS) is 11.6. The Balaban J connectivity index is 1.74. The van der Waals surface area contributed by atoms with Crippen molar-refractivity contribution in [1.82, 2.24) is 5.32 Å². The molecule has 0 saturated heterocycles. The minimum Gasteiger partial charge on any atom is -0.492 e. The minimum absolute atomic E-state index is 0.508. The van der Waals surface area contributed by atoms with Crippen molar-refractivity contribution in [2.24, 2.45) is 5.92 Å². The van der Waals surface area contributed by atoms with E-state index in [0.29, 0.717) is 17.6 Å². The van der Waals surface area contributed by atoms with Gasteiger partial charge in [-0.25, -0.2) is 0 Å². The standard InChI is InChI=1S/C20H26N2OS2/c1-4-23-19-8-6-5-7-18(19)22-20(24)21-13-16(3)14-25-17-11-9-15(2)10-12-17/h5-12,16H,4,13-14H2,1-3H3,(H2,21,22,24)/t16-/m0/s1. The van der Waals surface area contributed by atoms with E-state index in [2.05, 4.69) is 48.7 Å². The van der Waals surface area contributed by atoms with Gasteiger partial charge in [0.1, 0.15) is 5.75 Å². The Kier molecular flexibility index (Phi) is 8.09. The number of rotatable bonds is 8. The zero-order valence-electron chi connectivity index (χ0n) is 15.0. The molecule has 0 radical (unpaired) electrons. The monoisotopic (exact) mass is 374 g/mol. The van der Waals surface area contributed by atoms with Crippen LogP contribution in [0.15, 0.2) is 53.4 Å². The van der Waals surface area contributed by atoms with Gasteiger partial charge in [-0.2, -0.15) is 0 Å². The summed E-state index contributed by atoms with van der Waals surface area (Å²) in [6, 6.07) is 16.5. The Bertz CT molecular complexity index is 674. The molecule has 134 valence electrons. The molecule has 0 bridgehead atoms. The number of thiocarbonyl (C=S) groups is 1. The molecule has 2 N–H and O–H groups in total. The lowest BCUT2D eigenvalue weighted by molar-refractivity contribution is 0.342. The summed E-state index contributed by atoms with van der Waals surface area (Å²) in [5.41, 5.74) is 2.19. The first-order valence-corrected chi connectivity index (χ1v) is 9.94. The molecule has 0 aliphatic heterocycles. The van der Waals surface area contributed by atoms with E-state index in [0.717, 1.165) is 23.7 Å². The third-order valence-corrected chi connectivity index (χ3v) is 5.19. The molecule has 0 saturated carbocycles. The van der Waals surface area contributed by atoms with E-state index in [-0.39, 0.29) is 0 Å². The SMILES string of the molecule is CCOc1ccccc1NC(=S)NC[C@H](C)CSc1ccc(C)cc1. The van der Waals surface area contributed by atoms with Crippen molar-refractivity contribution in [3.05, 3.63) is 54.1 Å². The summed E-state index contributed by atoms with van der Waals surface area (Å²) in [4.78, 5) is 1.31. The summed E-state index contributed by atoms with van der Waals surface area (Å²) in [5, 5.41) is 7.14. The number of aryl methyl sites for hydroxylation is 1. The lowest BCUT2D eigenvalue weighted by atomic mass is 10.2. The fraction of sp³-hybridized carbons (Fsp3) is 0.350. The van der Waals surface area contributed by atoms with Gasteiger partial charge in [0.15, 0.2) is 5.11 Å². The van der Waals surface area contributed by atoms with Crippen molar-refractivity contribution in [2.75, 3.05) is 24.2 Å². The van der Waals surface area contributed by atoms with Gasteiger partial charge in [-0.1, -0.05) is 36.8 Å². The van der Waals surface area contributed by atoms with Gasteiger partial charge in [-0.3, -0.25) is 0 Å². The second-order valence-electron chi connectivity index (χ2n) is 5.99. The smallest absolute Gasteiger partial charge is 0.170 e. The van der Waals surface area contributed by atoms with E-state index < -0.39 is 0 Å². The molecule has 2 aromatic carbocycles. The zero-order chi connectivity index (χ0) is 18.1. The molecule has 0 spiro atoms. The van der Waals surface area contributed by atoms with E-state index in [4.69, 9.17) is 17.0 Å². The quantitative estimate of drug-likeness (QED) is 0.496. The van der Waals surface area contributed by atoms with Gasteiger partial charge in [-0.05, 0) is 56.2 Å². The first-order valence-electron chi connectivity index (χ1n) is 8.54. The second-order valence-corrected chi connectivity index (χ2v) is 7.50. The van der Waals surface area contributed by atoms with Crippen molar-refractivity contribution in [1.29, 1.82) is 0 Å². The molecule has 0 unspecified atom stereocenters. The number of anilines is 1. The van der Waals surface area contributed by atoms with E-state index in [9.17, 15) is 0 Å². The number of ether oxygens (including phenoxy) is 1. The molecular formula is C20H26N2OS2. The van der Waals surface area contributed by atoms with Crippen LogP contribution in [0.3, 0.4) is 0 Å². The minimum atomic E-state index is 0.508. The van der Waals surface area contributed by atoms with Crippen LogP contribution in [-0.2, 0) is 0 Å². The van der Waals surface area contributed by atoms with E-state index in [1.165, 1.54) is 10.5 Å². The second kappa shape index (κ2) is 10.3. The van der Waals surface area contributed by atoms with Gasteiger partial charge in [0.05, 0.1) is 12.3 Å². The lowest BCUT2D eigenvalue weighted by Gasteiger charge is -2.16. The Morgan fingerprint density at radius 1 is 1.16 bits per heavy atom. The summed E-state index contributed by atoms with van der Waals surface area (Å²) in [5.74, 6) is 2.37. The predicted molar refractivity (Wildman–Crippen MR) is 113 cm³/mol. The van der Waals surface area contributed by atoms with Crippen molar-refractivity contribution >= 4 is 34.8 Å². The Hall–Kier alpha value is -1.72. The summed E-state index contributed by atoms with van der Waals surface area (Å²) in [6.07, 6.45) is 0. The van der Waals surface area contributed by atoms with Gasteiger partial charge in [0.2, 0.25) is 0 Å². The molecule has 5 heteroatoms. The maximum atomic E-state index is 5.61. The van der Waals surface area contributed by atoms with Crippen LogP contribution in [0.2, 0.25) is 0 Å². The van der Waals surface area contributed by atoms with Crippen LogP contribution in [0.4, 0.5) is 5.69 Å². The van der Waals surface area contributed by atoms with Gasteiger partial charge < -0.3 is 15.4 Å². The maximum Gasteiger partial charge on any atom is 0.170 e. The number of hydrogen-bond donors (Lipinski definition) is 2. The molecule has 0 heterocycles. The van der Waals surface area contributed by atoms with Crippen LogP contribution < -0.4 is 15.4 Å². The number of hydrogen-bond acceptors (Lipinski definition) is 3. The highest BCUT2D eigenvalue weighted by Crippen LogP contribution is 2.24. The largest absolute Gasteiger partial charge is 0.492 e. The van der Waals surface area contributed by atoms with Gasteiger partial charge in [0.25, 0.3) is 0 Å². The Morgan fingerprint density at radius 2 is 1.88 bits per heavy atom. The third-order valence-electron chi connectivity index (χ3n) is 3.60. The van der Waals surface area contributed by atoms with Crippen LogP contribution in [0.5, 0.6) is 5.75 Å². The van der Waals surface area contributed by atoms with E-state index in [1.54, 1.807) is 0 Å². The van der Waals surface area contributed by atoms with Gasteiger partial charge in [-0.15, -0.1) is 11.8 Å². The number of benzene rings is 2. The van der Waals surface area contributed by atoms with Crippen LogP contribution in [-0.4, -0.2) is 24.0 Å². The highest BCUT2D eigenvalue weighted by atomic mass is 32.2. The number of para-hydroxylation sites is 2. The fourth-order valence-electron chi connectivity index (χ4n) is 2.22. The molecule has 0 aliphatic carbocycles. The van der Waals surface area contributed by atoms with Crippen LogP contribution in [0.1, 0.15) is 19.4 Å². The van der Waals surface area contributed by atoms with Crippen LogP contribution in [0, 0.1) is 12.8 Å². The average Bonchev–Trinajstić information content (AvgIpc) is 2.61. The van der Waals surface area contributed by atoms with Crippen molar-refractivity contribution in [2.45, 2.75) is 25.7 Å². The van der Waals surface area contributed by atoms with E-state index >= 15 is 0 Å². The summed E-state index contributed by atoms with van der Waals surface area (Å²) in [7, 11) is 0. The molecule has 0 aromatic heterocycles. The highest BCUT2D eigenvalue weighted by molar-refractivity contribution is 7.99. The van der Waals surface area contributed by atoms with Crippen LogP contribution in [0.25, 0.3) is 0 Å². The van der Waals surface area contributed by atoms with Crippen molar-refractivity contribution < 1.29 is 4.74 Å². The average molecular weight is 375 g/mol. The summed E-state index contributed by atoms with van der Waals surface area (Å²) < 4.78 is 5.61. The first kappa shape index (κ1) is 19.6. The molecular weight excluding hydrogens is 348 g/mol. The molecule has 0 fully saturated rings. The Morgan fingerprint density at radius 3 is 2.60 bits per heavy atom. The number of nitrogens with one attached hydrogen (secondary N) is 2. The summed E-state index contributed by atoms with van der Waals surface area (Å²) in [6.45, 7) is 7.78. The molecule has 3 nitrogen and oxygen atoms in total.